The van der Waals surface area contributed by atoms with Crippen LogP contribution in [-0.2, 0) is 23.9 Å². The lowest BCUT2D eigenvalue weighted by Gasteiger charge is -2.24. The molecule has 1 heterocycles. The van der Waals surface area contributed by atoms with Crippen molar-refractivity contribution in [2.45, 2.75) is 77.0 Å². The van der Waals surface area contributed by atoms with Gasteiger partial charge < -0.3 is 10.1 Å². The van der Waals surface area contributed by atoms with Crippen LogP contribution in [0.3, 0.4) is 0 Å². The first-order valence-electron chi connectivity index (χ1n) is 10.6. The third-order valence-corrected chi connectivity index (χ3v) is 6.11. The van der Waals surface area contributed by atoms with Crippen LogP contribution in [0.5, 0.6) is 0 Å². The number of fused-ring (bicyclic) bond motifs is 1. The zero-order valence-electron chi connectivity index (χ0n) is 17.4. The van der Waals surface area contributed by atoms with E-state index in [4.69, 9.17) is 4.74 Å². The summed E-state index contributed by atoms with van der Waals surface area (Å²) in [5, 5.41) is 4.93. The van der Waals surface area contributed by atoms with E-state index in [9.17, 15) is 24.0 Å². The Labute approximate surface area is 175 Å². The number of amides is 5. The lowest BCUT2D eigenvalue weighted by Crippen LogP contribution is -2.50. The molecule has 0 bridgehead atoms. The Morgan fingerprint density at radius 2 is 1.57 bits per heavy atom. The fourth-order valence-corrected chi connectivity index (χ4v) is 4.32. The highest BCUT2D eigenvalue weighted by atomic mass is 16.5. The van der Waals surface area contributed by atoms with Gasteiger partial charge in [-0.3, -0.25) is 24.6 Å². The van der Waals surface area contributed by atoms with Crippen LogP contribution < -0.4 is 10.6 Å². The van der Waals surface area contributed by atoms with Crippen LogP contribution in [0.1, 0.15) is 58.8 Å². The first kappa shape index (κ1) is 22.0. The van der Waals surface area contributed by atoms with Crippen LogP contribution in [0, 0.1) is 11.8 Å². The summed E-state index contributed by atoms with van der Waals surface area (Å²) in [5.41, 5.74) is 0. The van der Waals surface area contributed by atoms with E-state index in [0.717, 1.165) is 37.0 Å². The average molecular weight is 419 g/mol. The molecule has 0 spiro atoms. The molecule has 0 aromatic heterocycles. The van der Waals surface area contributed by atoms with Crippen molar-refractivity contribution in [3.05, 3.63) is 12.2 Å². The fourth-order valence-electron chi connectivity index (χ4n) is 4.32. The van der Waals surface area contributed by atoms with E-state index in [1.807, 2.05) is 12.2 Å². The lowest BCUT2D eigenvalue weighted by atomic mass is 9.85. The molecule has 2 N–H and O–H groups in total. The molecule has 0 radical (unpaired) electrons. The van der Waals surface area contributed by atoms with Crippen molar-refractivity contribution < 1.29 is 28.7 Å². The number of ether oxygens (including phenoxy) is 1. The van der Waals surface area contributed by atoms with Crippen molar-refractivity contribution in [3.63, 3.8) is 0 Å². The summed E-state index contributed by atoms with van der Waals surface area (Å²) in [6.45, 7) is 2.74. The van der Waals surface area contributed by atoms with Gasteiger partial charge in [-0.1, -0.05) is 31.4 Å². The molecule has 164 valence electrons. The fraction of sp³-hybridized carbons (Fsp3) is 0.667. The smallest absolute Gasteiger partial charge is 0.329 e. The van der Waals surface area contributed by atoms with Gasteiger partial charge in [-0.2, -0.15) is 0 Å². The Morgan fingerprint density at radius 1 is 1.00 bits per heavy atom. The summed E-state index contributed by atoms with van der Waals surface area (Å²) in [6.07, 6.45) is 8.40. The molecule has 1 saturated heterocycles. The lowest BCUT2D eigenvalue weighted by molar-refractivity contribution is -0.163. The van der Waals surface area contributed by atoms with Crippen LogP contribution in [0.25, 0.3) is 0 Å². The molecule has 30 heavy (non-hydrogen) atoms. The number of nitrogens with one attached hydrogen (secondary N) is 2. The Hall–Kier alpha value is -2.71. The van der Waals surface area contributed by atoms with Crippen LogP contribution in [-0.4, -0.2) is 52.8 Å². The number of hydrogen-bond donors (Lipinski definition) is 2. The maximum absolute atomic E-state index is 12.6. The molecular formula is C21H29N3O6. The largest absolute Gasteiger partial charge is 0.451 e. The van der Waals surface area contributed by atoms with E-state index >= 15 is 0 Å². The molecular weight excluding hydrogens is 390 g/mol. The topological polar surface area (TPSA) is 122 Å². The quantitative estimate of drug-likeness (QED) is 0.395. The van der Waals surface area contributed by atoms with Gasteiger partial charge >= 0.3 is 12.0 Å². The van der Waals surface area contributed by atoms with Crippen molar-refractivity contribution in [1.82, 2.24) is 15.5 Å². The summed E-state index contributed by atoms with van der Waals surface area (Å²) < 4.78 is 5.13. The average Bonchev–Trinajstić information content (AvgIpc) is 2.98. The van der Waals surface area contributed by atoms with Gasteiger partial charge in [-0.25, -0.2) is 9.59 Å². The minimum atomic E-state index is -1.24. The number of likely N-dealkylation sites (tertiary alicyclic amines) is 1. The number of rotatable bonds is 5. The van der Waals surface area contributed by atoms with Crippen molar-refractivity contribution in [2.24, 2.45) is 11.8 Å². The molecule has 3 aliphatic rings. The molecule has 5 amide bonds. The van der Waals surface area contributed by atoms with Gasteiger partial charge in [0.25, 0.3) is 5.91 Å². The number of urea groups is 1. The monoisotopic (exact) mass is 419 g/mol. The van der Waals surface area contributed by atoms with Gasteiger partial charge in [0.2, 0.25) is 11.8 Å². The van der Waals surface area contributed by atoms with Crippen molar-refractivity contribution in [1.29, 1.82) is 0 Å². The molecule has 9 heteroatoms. The molecule has 0 aromatic carbocycles. The SMILES string of the molecule is C[C@H](OC(=O)[C@H](C)N1C(=O)[C@H]2CC=CC[C@@H]2C1=O)C(=O)NC(=O)NC1CCCCC1. The van der Waals surface area contributed by atoms with Crippen molar-refractivity contribution >= 4 is 29.7 Å². The van der Waals surface area contributed by atoms with Crippen molar-refractivity contribution in [2.75, 3.05) is 0 Å². The number of carbonyl (C=O) groups is 5. The third-order valence-electron chi connectivity index (χ3n) is 6.11. The highest BCUT2D eigenvalue weighted by Gasteiger charge is 2.50. The molecule has 9 nitrogen and oxygen atoms in total. The highest BCUT2D eigenvalue weighted by Crippen LogP contribution is 2.36. The maximum Gasteiger partial charge on any atom is 0.329 e. The second-order valence-corrected chi connectivity index (χ2v) is 8.26. The van der Waals surface area contributed by atoms with Gasteiger partial charge in [0, 0.05) is 6.04 Å². The molecule has 2 aliphatic carbocycles. The predicted molar refractivity (Wildman–Crippen MR) is 106 cm³/mol. The minimum Gasteiger partial charge on any atom is -0.451 e. The molecule has 4 atom stereocenters. The third kappa shape index (κ3) is 4.71. The highest BCUT2D eigenvalue weighted by molar-refractivity contribution is 6.08. The van der Waals surface area contributed by atoms with Gasteiger partial charge in [0.05, 0.1) is 11.8 Å². The standard InChI is InChI=1S/C21H29N3O6/c1-12(24-18(26)15-10-6-7-11-16(15)19(24)27)20(28)30-13(2)17(25)23-21(29)22-14-8-4-3-5-9-14/h6-7,12-16H,3-5,8-11H2,1-2H3,(H2,22,23,25,29)/t12-,13-,15-,16-/m0/s1. The Morgan fingerprint density at radius 3 is 2.13 bits per heavy atom. The summed E-state index contributed by atoms with van der Waals surface area (Å²) >= 11 is 0. The van der Waals surface area contributed by atoms with Gasteiger partial charge in [0.1, 0.15) is 6.04 Å². The number of imide groups is 2. The van der Waals surface area contributed by atoms with Gasteiger partial charge in [-0.05, 0) is 39.5 Å². The summed E-state index contributed by atoms with van der Waals surface area (Å²) in [6, 6.07) is -1.72. The number of nitrogens with zero attached hydrogens (tertiary/aromatic N) is 1. The van der Waals surface area contributed by atoms with Crippen LogP contribution in [0.4, 0.5) is 4.79 Å². The van der Waals surface area contributed by atoms with Crippen LogP contribution in [0.2, 0.25) is 0 Å². The first-order valence-corrected chi connectivity index (χ1v) is 10.6. The number of allylic oxidation sites excluding steroid dienone is 2. The maximum atomic E-state index is 12.6. The van der Waals surface area contributed by atoms with Crippen LogP contribution >= 0.6 is 0 Å². The minimum absolute atomic E-state index is 0.0367. The van der Waals surface area contributed by atoms with Gasteiger partial charge in [-0.15, -0.1) is 0 Å². The summed E-state index contributed by atoms with van der Waals surface area (Å²) in [4.78, 5) is 62.8. The summed E-state index contributed by atoms with van der Waals surface area (Å²) in [5.74, 6) is -3.28. The number of hydrogen-bond acceptors (Lipinski definition) is 6. The second-order valence-electron chi connectivity index (χ2n) is 8.26. The van der Waals surface area contributed by atoms with E-state index < -0.39 is 41.9 Å². The van der Waals surface area contributed by atoms with Gasteiger partial charge in [0.15, 0.2) is 6.10 Å². The zero-order chi connectivity index (χ0) is 21.8. The first-order chi connectivity index (χ1) is 14.3. The van der Waals surface area contributed by atoms with E-state index in [1.165, 1.54) is 13.8 Å². The van der Waals surface area contributed by atoms with E-state index in [0.29, 0.717) is 12.8 Å². The van der Waals surface area contributed by atoms with E-state index in [-0.39, 0.29) is 17.9 Å². The Kier molecular flexibility index (Phi) is 6.89. The van der Waals surface area contributed by atoms with Crippen LogP contribution in [0.15, 0.2) is 12.2 Å². The molecule has 1 aliphatic heterocycles. The number of esters is 1. The molecule has 2 fully saturated rings. The Balaban J connectivity index is 1.50. The molecule has 0 unspecified atom stereocenters. The summed E-state index contributed by atoms with van der Waals surface area (Å²) in [7, 11) is 0. The normalized spacial score (nSPS) is 26.0. The van der Waals surface area contributed by atoms with E-state index in [1.54, 1.807) is 0 Å². The van der Waals surface area contributed by atoms with Crippen molar-refractivity contribution in [3.8, 4) is 0 Å². The van der Waals surface area contributed by atoms with E-state index in [2.05, 4.69) is 10.6 Å². The Bertz CT molecular complexity index is 732. The molecule has 1 saturated carbocycles. The predicted octanol–water partition coefficient (Wildman–Crippen LogP) is 1.42. The second kappa shape index (κ2) is 9.40. The zero-order valence-corrected chi connectivity index (χ0v) is 17.4. The molecule has 0 aromatic rings. The number of carbonyl (C=O) groups excluding carboxylic acids is 5. The molecule has 3 rings (SSSR count).